The zero-order valence-electron chi connectivity index (χ0n) is 27.1. The number of aliphatic hydroxyl groups excluding tert-OH is 1. The molecule has 6 heteroatoms. The number of nitrogens with zero attached hydrogens (tertiary/aromatic N) is 1. The van der Waals surface area contributed by atoms with Crippen LogP contribution in [0.2, 0.25) is 0 Å². The minimum atomic E-state index is -0.196. The normalized spacial score (nSPS) is 12.9. The monoisotopic (exact) mass is 570 g/mol. The number of aliphatic hydroxyl groups is 1. The Kier molecular flexibility index (Phi) is 28.5. The van der Waals surface area contributed by atoms with Crippen molar-refractivity contribution in [2.75, 3.05) is 32.9 Å². The Morgan fingerprint density at radius 3 is 1.27 bits per heavy atom. The minimum Gasteiger partial charge on any atom is -0.466 e. The van der Waals surface area contributed by atoms with Crippen LogP contribution in [-0.2, 0) is 19.1 Å². The minimum absolute atomic E-state index is 0.00991. The van der Waals surface area contributed by atoms with Gasteiger partial charge in [-0.05, 0) is 18.8 Å². The van der Waals surface area contributed by atoms with Crippen LogP contribution in [0.5, 0.6) is 0 Å². The highest BCUT2D eigenvalue weighted by molar-refractivity contribution is 5.70. The largest absolute Gasteiger partial charge is 0.466 e. The molecular formula is C34H67NO5. The average molecular weight is 570 g/mol. The lowest BCUT2D eigenvalue weighted by atomic mass is 9.98. The van der Waals surface area contributed by atoms with Gasteiger partial charge in [0.15, 0.2) is 0 Å². The highest BCUT2D eigenvalue weighted by Crippen LogP contribution is 2.16. The maximum atomic E-state index is 12.4. The lowest BCUT2D eigenvalue weighted by Crippen LogP contribution is -2.44. The highest BCUT2D eigenvalue weighted by atomic mass is 16.5. The van der Waals surface area contributed by atoms with Crippen molar-refractivity contribution in [3.63, 3.8) is 0 Å². The van der Waals surface area contributed by atoms with E-state index in [9.17, 15) is 14.7 Å². The van der Waals surface area contributed by atoms with E-state index in [1.807, 2.05) is 0 Å². The van der Waals surface area contributed by atoms with Crippen LogP contribution < -0.4 is 0 Å². The molecule has 2 atom stereocenters. The van der Waals surface area contributed by atoms with Crippen LogP contribution in [0.4, 0.5) is 0 Å². The van der Waals surface area contributed by atoms with Crippen molar-refractivity contribution in [1.29, 1.82) is 0 Å². The van der Waals surface area contributed by atoms with E-state index < -0.39 is 0 Å². The number of unbranched alkanes of at least 4 members (excludes halogenated alkanes) is 16. The Morgan fingerprint density at radius 2 is 0.950 bits per heavy atom. The van der Waals surface area contributed by atoms with Gasteiger partial charge in [-0.15, -0.1) is 0 Å². The van der Waals surface area contributed by atoms with Crippen LogP contribution in [0.3, 0.4) is 0 Å². The summed E-state index contributed by atoms with van der Waals surface area (Å²) in [4.78, 5) is 26.8. The first-order chi connectivity index (χ1) is 19.5. The van der Waals surface area contributed by atoms with Gasteiger partial charge in [0.1, 0.15) is 0 Å². The van der Waals surface area contributed by atoms with Crippen molar-refractivity contribution in [3.8, 4) is 0 Å². The molecule has 0 saturated heterocycles. The third kappa shape index (κ3) is 23.6. The van der Waals surface area contributed by atoms with E-state index in [1.165, 1.54) is 89.9 Å². The maximum absolute atomic E-state index is 12.4. The topological polar surface area (TPSA) is 76.1 Å². The molecule has 0 aliphatic heterocycles. The molecule has 0 aromatic rings. The SMILES string of the molecule is CCCCCCCCCCCOC(=O)CCN(CCC(=O)OCCCCCCCCCCC)[C@@H](CO)[C@@H](C)CC. The van der Waals surface area contributed by atoms with Gasteiger partial charge in [-0.2, -0.15) is 0 Å². The number of carbonyl (C=O) groups excluding carboxylic acids is 2. The van der Waals surface area contributed by atoms with E-state index in [-0.39, 0.29) is 43.3 Å². The summed E-state index contributed by atoms with van der Waals surface area (Å²) in [5, 5.41) is 10.1. The van der Waals surface area contributed by atoms with E-state index in [2.05, 4.69) is 32.6 Å². The standard InChI is InChI=1S/C34H67NO5/c1-5-8-10-12-14-16-18-20-22-28-39-33(37)24-26-35(32(30-36)31(4)7-3)27-25-34(38)40-29-23-21-19-17-15-13-11-9-6-2/h31-32,36H,5-30H2,1-4H3/t31-,32-/m0/s1. The van der Waals surface area contributed by atoms with Crippen LogP contribution in [0, 0.1) is 5.92 Å². The van der Waals surface area contributed by atoms with Crippen LogP contribution in [0.25, 0.3) is 0 Å². The third-order valence-electron chi connectivity index (χ3n) is 8.19. The van der Waals surface area contributed by atoms with Crippen LogP contribution in [0.15, 0.2) is 0 Å². The van der Waals surface area contributed by atoms with E-state index in [0.717, 1.165) is 32.1 Å². The average Bonchev–Trinajstić information content (AvgIpc) is 2.96. The molecule has 0 aliphatic rings. The quantitative estimate of drug-likeness (QED) is 0.0689. The molecule has 0 amide bonds. The smallest absolute Gasteiger partial charge is 0.307 e. The Morgan fingerprint density at radius 1 is 0.600 bits per heavy atom. The Balaban J connectivity index is 4.20. The van der Waals surface area contributed by atoms with Crippen molar-refractivity contribution >= 4 is 11.9 Å². The second-order valence-corrected chi connectivity index (χ2v) is 11.8. The summed E-state index contributed by atoms with van der Waals surface area (Å²) in [6, 6.07) is -0.0831. The zero-order valence-corrected chi connectivity index (χ0v) is 27.1. The predicted octanol–water partition coefficient (Wildman–Crippen LogP) is 8.62. The molecule has 0 fully saturated rings. The summed E-state index contributed by atoms with van der Waals surface area (Å²) in [5.41, 5.74) is 0. The summed E-state index contributed by atoms with van der Waals surface area (Å²) < 4.78 is 11.0. The van der Waals surface area contributed by atoms with Crippen LogP contribution in [-0.4, -0.2) is 60.9 Å². The molecule has 6 nitrogen and oxygen atoms in total. The molecule has 0 rings (SSSR count). The fourth-order valence-corrected chi connectivity index (χ4v) is 5.18. The first-order valence-electron chi connectivity index (χ1n) is 17.2. The molecule has 0 spiro atoms. The fraction of sp³-hybridized carbons (Fsp3) is 0.941. The highest BCUT2D eigenvalue weighted by Gasteiger charge is 2.24. The predicted molar refractivity (Wildman–Crippen MR) is 168 cm³/mol. The summed E-state index contributed by atoms with van der Waals surface area (Å²) in [6.45, 7) is 10.6. The second kappa shape index (κ2) is 29.4. The molecule has 238 valence electrons. The Hall–Kier alpha value is -1.14. The fourth-order valence-electron chi connectivity index (χ4n) is 5.18. The van der Waals surface area contributed by atoms with Crippen molar-refractivity contribution < 1.29 is 24.2 Å². The lowest BCUT2D eigenvalue weighted by molar-refractivity contribution is -0.144. The van der Waals surface area contributed by atoms with Crippen molar-refractivity contribution in [2.24, 2.45) is 5.92 Å². The maximum Gasteiger partial charge on any atom is 0.307 e. The summed E-state index contributed by atoms with van der Waals surface area (Å²) in [7, 11) is 0. The van der Waals surface area contributed by atoms with Gasteiger partial charge in [0.25, 0.3) is 0 Å². The molecule has 0 bridgehead atoms. The molecule has 0 aromatic heterocycles. The summed E-state index contributed by atoms with van der Waals surface area (Å²) in [6.07, 6.45) is 23.7. The van der Waals surface area contributed by atoms with Crippen LogP contribution >= 0.6 is 0 Å². The number of rotatable bonds is 30. The van der Waals surface area contributed by atoms with Gasteiger partial charge in [0, 0.05) is 19.1 Å². The van der Waals surface area contributed by atoms with Crippen molar-refractivity contribution in [1.82, 2.24) is 4.90 Å². The van der Waals surface area contributed by atoms with Gasteiger partial charge >= 0.3 is 11.9 Å². The Bertz CT molecular complexity index is 531. The van der Waals surface area contributed by atoms with Crippen molar-refractivity contribution in [2.45, 2.75) is 169 Å². The van der Waals surface area contributed by atoms with Gasteiger partial charge in [-0.1, -0.05) is 137 Å². The molecular weight excluding hydrogens is 502 g/mol. The molecule has 0 unspecified atom stereocenters. The van der Waals surface area contributed by atoms with Gasteiger partial charge in [-0.25, -0.2) is 0 Å². The molecule has 1 N–H and O–H groups in total. The van der Waals surface area contributed by atoms with E-state index >= 15 is 0 Å². The lowest BCUT2D eigenvalue weighted by Gasteiger charge is -2.34. The van der Waals surface area contributed by atoms with Gasteiger partial charge < -0.3 is 14.6 Å². The molecule has 0 radical (unpaired) electrons. The molecule has 0 heterocycles. The molecule has 0 saturated carbocycles. The van der Waals surface area contributed by atoms with Gasteiger partial charge in [-0.3, -0.25) is 14.5 Å². The number of carbonyl (C=O) groups is 2. The summed E-state index contributed by atoms with van der Waals surface area (Å²) >= 11 is 0. The first-order valence-corrected chi connectivity index (χ1v) is 17.2. The van der Waals surface area contributed by atoms with E-state index in [0.29, 0.717) is 26.3 Å². The third-order valence-corrected chi connectivity index (χ3v) is 8.19. The molecule has 0 aromatic carbocycles. The second-order valence-electron chi connectivity index (χ2n) is 11.8. The van der Waals surface area contributed by atoms with Gasteiger partial charge in [0.05, 0.1) is 32.7 Å². The molecule has 0 aliphatic carbocycles. The number of hydrogen-bond donors (Lipinski definition) is 1. The number of esters is 2. The first kappa shape index (κ1) is 38.9. The molecule has 40 heavy (non-hydrogen) atoms. The van der Waals surface area contributed by atoms with E-state index in [1.54, 1.807) is 0 Å². The Labute approximate surface area is 248 Å². The van der Waals surface area contributed by atoms with E-state index in [4.69, 9.17) is 9.47 Å². The zero-order chi connectivity index (χ0) is 29.7. The number of ether oxygens (including phenoxy) is 2. The number of hydrogen-bond acceptors (Lipinski definition) is 6. The van der Waals surface area contributed by atoms with Crippen molar-refractivity contribution in [3.05, 3.63) is 0 Å². The van der Waals surface area contributed by atoms with Crippen LogP contribution in [0.1, 0.15) is 163 Å². The summed E-state index contributed by atoms with van der Waals surface area (Å²) in [5.74, 6) is -0.127. The van der Waals surface area contributed by atoms with Gasteiger partial charge in [0.2, 0.25) is 0 Å².